The first kappa shape index (κ1) is 19.3. The Morgan fingerprint density at radius 2 is 1.97 bits per heavy atom. The molecule has 2 aromatic heterocycles. The van der Waals surface area contributed by atoms with E-state index in [1.165, 1.54) is 22.3 Å². The van der Waals surface area contributed by atoms with Gasteiger partial charge in [-0.25, -0.2) is 0 Å². The molecule has 5 rings (SSSR count). The van der Waals surface area contributed by atoms with Crippen LogP contribution in [0.25, 0.3) is 11.8 Å². The molecule has 0 bridgehead atoms. The van der Waals surface area contributed by atoms with Gasteiger partial charge in [0.1, 0.15) is 0 Å². The SMILES string of the molecule is Cc1cccc(-n2c(C)cc(/C=C3/C(=N)N4N=C(c5ccco5)SC4=NC3=O)c2C)c1. The lowest BCUT2D eigenvalue weighted by atomic mass is 10.1. The quantitative estimate of drug-likeness (QED) is 0.613. The van der Waals surface area contributed by atoms with E-state index in [1.807, 2.05) is 26.0 Å². The van der Waals surface area contributed by atoms with Crippen molar-refractivity contribution in [2.75, 3.05) is 0 Å². The molecule has 3 aromatic rings. The smallest absolute Gasteiger partial charge is 0.283 e. The predicted octanol–water partition coefficient (Wildman–Crippen LogP) is 4.66. The molecule has 31 heavy (non-hydrogen) atoms. The highest BCUT2D eigenvalue weighted by Gasteiger charge is 2.36. The number of amides is 1. The Hall–Kier alpha value is -3.65. The number of hydrogen-bond donors (Lipinski definition) is 1. The van der Waals surface area contributed by atoms with E-state index in [2.05, 4.69) is 39.8 Å². The van der Waals surface area contributed by atoms with Crippen molar-refractivity contribution in [1.82, 2.24) is 9.58 Å². The number of nitrogens with zero attached hydrogens (tertiary/aromatic N) is 4. The van der Waals surface area contributed by atoms with Crippen LogP contribution in [0.2, 0.25) is 0 Å². The molecule has 0 saturated heterocycles. The van der Waals surface area contributed by atoms with Gasteiger partial charge in [0.05, 0.1) is 11.8 Å². The van der Waals surface area contributed by atoms with Gasteiger partial charge in [-0.2, -0.15) is 15.1 Å². The predicted molar refractivity (Wildman–Crippen MR) is 123 cm³/mol. The zero-order chi connectivity index (χ0) is 21.7. The molecule has 0 fully saturated rings. The van der Waals surface area contributed by atoms with Gasteiger partial charge in [0.2, 0.25) is 5.17 Å². The number of benzene rings is 1. The van der Waals surface area contributed by atoms with Crippen LogP contribution in [0, 0.1) is 26.2 Å². The van der Waals surface area contributed by atoms with Crippen molar-refractivity contribution in [1.29, 1.82) is 5.41 Å². The maximum atomic E-state index is 12.7. The van der Waals surface area contributed by atoms with E-state index in [9.17, 15) is 4.79 Å². The second-order valence-corrected chi connectivity index (χ2v) is 8.36. The van der Waals surface area contributed by atoms with Crippen molar-refractivity contribution in [2.45, 2.75) is 20.8 Å². The molecule has 0 saturated carbocycles. The van der Waals surface area contributed by atoms with E-state index >= 15 is 0 Å². The van der Waals surface area contributed by atoms with Crippen LogP contribution in [0.1, 0.15) is 28.3 Å². The maximum absolute atomic E-state index is 12.7. The lowest BCUT2D eigenvalue weighted by Crippen LogP contribution is -2.35. The van der Waals surface area contributed by atoms with E-state index in [-0.39, 0.29) is 11.4 Å². The molecule has 0 unspecified atom stereocenters. The Kier molecular flexibility index (Phi) is 4.51. The number of nitrogens with one attached hydrogen (secondary N) is 1. The second kappa shape index (κ2) is 7.24. The fourth-order valence-corrected chi connectivity index (χ4v) is 4.60. The minimum Gasteiger partial charge on any atom is -0.462 e. The van der Waals surface area contributed by atoms with Gasteiger partial charge >= 0.3 is 0 Å². The van der Waals surface area contributed by atoms with Gasteiger partial charge in [-0.05, 0) is 80.1 Å². The number of aryl methyl sites for hydroxylation is 2. The maximum Gasteiger partial charge on any atom is 0.283 e. The number of carbonyl (C=O) groups excluding carboxylic acids is 1. The molecule has 1 N–H and O–H groups in total. The Balaban J connectivity index is 1.53. The summed E-state index contributed by atoms with van der Waals surface area (Å²) in [5.74, 6) is 0.138. The number of furan rings is 1. The topological polar surface area (TPSA) is 86.9 Å². The molecular weight excluding hydrogens is 410 g/mol. The van der Waals surface area contributed by atoms with E-state index in [0.29, 0.717) is 16.0 Å². The average Bonchev–Trinajstić information content (AvgIpc) is 3.45. The van der Waals surface area contributed by atoms with Gasteiger partial charge in [-0.1, -0.05) is 12.1 Å². The summed E-state index contributed by atoms with van der Waals surface area (Å²) in [5.41, 5.74) is 5.35. The summed E-state index contributed by atoms with van der Waals surface area (Å²) in [6.45, 7) is 6.09. The molecule has 154 valence electrons. The molecular formula is C23H19N5O2S. The fraction of sp³-hybridized carbons (Fsp3) is 0.130. The zero-order valence-corrected chi connectivity index (χ0v) is 18.0. The average molecular weight is 430 g/mol. The normalized spacial score (nSPS) is 17.3. The number of hydrazone groups is 1. The van der Waals surface area contributed by atoms with Crippen molar-refractivity contribution in [2.24, 2.45) is 10.1 Å². The van der Waals surface area contributed by atoms with Crippen LogP contribution in [0.4, 0.5) is 0 Å². The molecule has 8 heteroatoms. The van der Waals surface area contributed by atoms with Gasteiger partial charge in [-0.15, -0.1) is 0 Å². The van der Waals surface area contributed by atoms with Crippen LogP contribution in [0.5, 0.6) is 0 Å². The lowest BCUT2D eigenvalue weighted by Gasteiger charge is -2.20. The van der Waals surface area contributed by atoms with Gasteiger partial charge in [0.25, 0.3) is 5.91 Å². The van der Waals surface area contributed by atoms with Crippen molar-refractivity contribution < 1.29 is 9.21 Å². The first-order valence-corrected chi connectivity index (χ1v) is 10.5. The third-order valence-electron chi connectivity index (χ3n) is 5.22. The molecule has 0 radical (unpaired) electrons. The molecule has 0 spiro atoms. The molecule has 1 amide bonds. The largest absolute Gasteiger partial charge is 0.462 e. The van der Waals surface area contributed by atoms with Crippen LogP contribution in [-0.2, 0) is 4.79 Å². The molecule has 2 aliphatic heterocycles. The third kappa shape index (κ3) is 3.25. The van der Waals surface area contributed by atoms with E-state index in [4.69, 9.17) is 9.83 Å². The molecule has 7 nitrogen and oxygen atoms in total. The molecule has 1 aromatic carbocycles. The second-order valence-electron chi connectivity index (χ2n) is 7.40. The first-order chi connectivity index (χ1) is 14.9. The van der Waals surface area contributed by atoms with Gasteiger partial charge in [-0.3, -0.25) is 10.2 Å². The number of rotatable bonds is 3. The number of hydrogen-bond acceptors (Lipinski definition) is 5. The first-order valence-electron chi connectivity index (χ1n) is 9.72. The highest BCUT2D eigenvalue weighted by Crippen LogP contribution is 2.32. The summed E-state index contributed by atoms with van der Waals surface area (Å²) in [4.78, 5) is 16.9. The van der Waals surface area contributed by atoms with Gasteiger partial charge < -0.3 is 8.98 Å². The zero-order valence-electron chi connectivity index (χ0n) is 17.2. The highest BCUT2D eigenvalue weighted by atomic mass is 32.2. The molecule has 0 aliphatic carbocycles. The molecule has 2 aliphatic rings. The Bertz CT molecular complexity index is 1330. The molecule has 4 heterocycles. The van der Waals surface area contributed by atoms with Crippen molar-refractivity contribution in [3.05, 3.63) is 82.6 Å². The summed E-state index contributed by atoms with van der Waals surface area (Å²) in [6, 6.07) is 13.8. The van der Waals surface area contributed by atoms with E-state index in [1.54, 1.807) is 24.5 Å². The van der Waals surface area contributed by atoms with Gasteiger partial charge in [0.15, 0.2) is 16.6 Å². The summed E-state index contributed by atoms with van der Waals surface area (Å²) in [5, 5.41) is 15.3. The molecule has 0 atom stereocenters. The number of thioether (sulfide) groups is 1. The summed E-state index contributed by atoms with van der Waals surface area (Å²) < 4.78 is 7.53. The van der Waals surface area contributed by atoms with Crippen molar-refractivity contribution in [3.8, 4) is 5.69 Å². The number of amidine groups is 2. The van der Waals surface area contributed by atoms with E-state index < -0.39 is 5.91 Å². The fourth-order valence-electron chi connectivity index (χ4n) is 3.75. The highest BCUT2D eigenvalue weighted by molar-refractivity contribution is 8.27. The monoisotopic (exact) mass is 429 g/mol. The standard InChI is InChI=1S/C23H19N5O2S/c1-13-6-4-7-17(10-13)27-14(2)11-16(15(27)3)12-18-20(24)28-23(25-21(18)29)31-22(26-28)19-8-5-9-30-19/h4-12,24H,1-3H3/b18-12-,24-20?. The third-order valence-corrected chi connectivity index (χ3v) is 6.14. The van der Waals surface area contributed by atoms with Crippen LogP contribution in [-0.4, -0.2) is 31.5 Å². The summed E-state index contributed by atoms with van der Waals surface area (Å²) in [6.07, 6.45) is 3.29. The van der Waals surface area contributed by atoms with Crippen LogP contribution < -0.4 is 0 Å². The number of carbonyl (C=O) groups is 1. The van der Waals surface area contributed by atoms with Crippen molar-refractivity contribution in [3.63, 3.8) is 0 Å². The van der Waals surface area contributed by atoms with Crippen LogP contribution in [0.3, 0.4) is 0 Å². The Morgan fingerprint density at radius 1 is 1.13 bits per heavy atom. The minimum atomic E-state index is -0.444. The summed E-state index contributed by atoms with van der Waals surface area (Å²) in [7, 11) is 0. The number of aromatic nitrogens is 1. The van der Waals surface area contributed by atoms with Crippen LogP contribution in [0.15, 0.2) is 68.8 Å². The summed E-state index contributed by atoms with van der Waals surface area (Å²) >= 11 is 1.22. The number of fused-ring (bicyclic) bond motifs is 1. The lowest BCUT2D eigenvalue weighted by molar-refractivity contribution is -0.114. The Labute approximate surface area is 183 Å². The van der Waals surface area contributed by atoms with Gasteiger partial charge in [0, 0.05) is 17.1 Å². The van der Waals surface area contributed by atoms with E-state index in [0.717, 1.165) is 22.6 Å². The van der Waals surface area contributed by atoms with Crippen LogP contribution >= 0.6 is 11.8 Å². The Morgan fingerprint density at radius 3 is 2.71 bits per heavy atom. The minimum absolute atomic E-state index is 0.00409. The van der Waals surface area contributed by atoms with Crippen molar-refractivity contribution >= 4 is 39.8 Å². The number of aliphatic imine (C=N–C) groups is 1.